The van der Waals surface area contributed by atoms with Crippen LogP contribution in [-0.2, 0) is 16.1 Å². The van der Waals surface area contributed by atoms with Crippen LogP contribution in [0.5, 0.6) is 0 Å². The summed E-state index contributed by atoms with van der Waals surface area (Å²) < 4.78 is 6.30. The van der Waals surface area contributed by atoms with Gasteiger partial charge in [-0.1, -0.05) is 6.07 Å². The standard InChI is InChI=1S/C17H22N2O2S/c20-16(6-13-3-4-13)19-11-17(12-19)7-15(10-22-17)21-9-14-2-1-5-18-8-14/h1-2,5,8,13,15H,3-4,6-7,9-12H2/t15-/m0/s1. The zero-order chi connectivity index (χ0) is 15.0. The van der Waals surface area contributed by atoms with Crippen molar-refractivity contribution in [1.82, 2.24) is 9.88 Å². The lowest BCUT2D eigenvalue weighted by molar-refractivity contribution is -0.137. The fraction of sp³-hybridized carbons (Fsp3) is 0.647. The number of aromatic nitrogens is 1. The van der Waals surface area contributed by atoms with E-state index in [1.165, 1.54) is 12.8 Å². The second-order valence-electron chi connectivity index (χ2n) is 6.89. The molecule has 0 radical (unpaired) electrons. The van der Waals surface area contributed by atoms with Gasteiger partial charge in [0, 0.05) is 37.7 Å². The van der Waals surface area contributed by atoms with Gasteiger partial charge in [-0.25, -0.2) is 0 Å². The lowest BCUT2D eigenvalue weighted by Crippen LogP contribution is -2.60. The maximum atomic E-state index is 12.1. The van der Waals surface area contributed by atoms with Crippen molar-refractivity contribution in [2.24, 2.45) is 5.92 Å². The normalized spacial score (nSPS) is 26.2. The molecule has 1 atom stereocenters. The van der Waals surface area contributed by atoms with Gasteiger partial charge in [0.1, 0.15) is 0 Å². The van der Waals surface area contributed by atoms with Crippen molar-refractivity contribution in [2.45, 2.75) is 43.1 Å². The summed E-state index contributed by atoms with van der Waals surface area (Å²) in [5, 5.41) is 0. The first-order valence-corrected chi connectivity index (χ1v) is 9.13. The zero-order valence-electron chi connectivity index (χ0n) is 12.7. The Labute approximate surface area is 135 Å². The van der Waals surface area contributed by atoms with Gasteiger partial charge < -0.3 is 9.64 Å². The maximum absolute atomic E-state index is 12.1. The van der Waals surface area contributed by atoms with Gasteiger partial charge >= 0.3 is 0 Å². The van der Waals surface area contributed by atoms with E-state index in [9.17, 15) is 4.79 Å². The number of thioether (sulfide) groups is 1. The molecule has 118 valence electrons. The molecular weight excluding hydrogens is 296 g/mol. The molecule has 3 heterocycles. The Balaban J connectivity index is 1.22. The third kappa shape index (κ3) is 3.15. The molecule has 1 aromatic heterocycles. The first-order valence-electron chi connectivity index (χ1n) is 8.15. The van der Waals surface area contributed by atoms with E-state index in [0.717, 1.165) is 37.2 Å². The predicted molar refractivity (Wildman–Crippen MR) is 86.5 cm³/mol. The molecule has 0 bridgehead atoms. The fourth-order valence-electron chi connectivity index (χ4n) is 3.35. The Morgan fingerprint density at radius 2 is 2.32 bits per heavy atom. The minimum absolute atomic E-state index is 0.277. The quantitative estimate of drug-likeness (QED) is 0.836. The fourth-order valence-corrected chi connectivity index (χ4v) is 4.90. The topological polar surface area (TPSA) is 42.4 Å². The third-order valence-electron chi connectivity index (χ3n) is 4.85. The van der Waals surface area contributed by atoms with Crippen LogP contribution in [0.1, 0.15) is 31.2 Å². The number of amides is 1. The smallest absolute Gasteiger partial charge is 0.222 e. The molecule has 3 fully saturated rings. The average molecular weight is 318 g/mol. The number of carbonyl (C=O) groups excluding carboxylic acids is 1. The maximum Gasteiger partial charge on any atom is 0.222 e. The molecule has 5 heteroatoms. The largest absolute Gasteiger partial charge is 0.373 e. The molecule has 2 saturated heterocycles. The number of ether oxygens (including phenoxy) is 1. The van der Waals surface area contributed by atoms with Crippen LogP contribution in [0.25, 0.3) is 0 Å². The van der Waals surface area contributed by atoms with E-state index in [0.29, 0.717) is 24.5 Å². The van der Waals surface area contributed by atoms with Crippen LogP contribution in [0, 0.1) is 5.92 Å². The highest BCUT2D eigenvalue weighted by molar-refractivity contribution is 8.01. The Morgan fingerprint density at radius 3 is 3.05 bits per heavy atom. The van der Waals surface area contributed by atoms with Gasteiger partial charge in [0.2, 0.25) is 5.91 Å². The van der Waals surface area contributed by atoms with Crippen molar-refractivity contribution in [3.8, 4) is 0 Å². The molecule has 1 aliphatic carbocycles. The first-order chi connectivity index (χ1) is 10.7. The molecule has 0 unspecified atom stereocenters. The van der Waals surface area contributed by atoms with Crippen LogP contribution in [0.4, 0.5) is 0 Å². The van der Waals surface area contributed by atoms with Gasteiger partial charge in [-0.05, 0) is 36.8 Å². The van der Waals surface area contributed by atoms with E-state index in [-0.39, 0.29) is 4.75 Å². The number of pyridine rings is 1. The summed E-state index contributed by atoms with van der Waals surface area (Å²) in [7, 11) is 0. The van der Waals surface area contributed by atoms with E-state index >= 15 is 0 Å². The predicted octanol–water partition coefficient (Wildman–Crippen LogP) is 2.48. The van der Waals surface area contributed by atoms with Gasteiger partial charge in [-0.2, -0.15) is 0 Å². The number of hydrogen-bond donors (Lipinski definition) is 0. The first kappa shape index (κ1) is 14.5. The summed E-state index contributed by atoms with van der Waals surface area (Å²) in [5.41, 5.74) is 1.13. The molecule has 1 aromatic rings. The second kappa shape index (κ2) is 5.85. The lowest BCUT2D eigenvalue weighted by atomic mass is 9.92. The van der Waals surface area contributed by atoms with Gasteiger partial charge in [0.25, 0.3) is 0 Å². The van der Waals surface area contributed by atoms with Crippen molar-refractivity contribution < 1.29 is 9.53 Å². The summed E-state index contributed by atoms with van der Waals surface area (Å²) >= 11 is 2.00. The molecular formula is C17H22N2O2S. The molecule has 1 amide bonds. The Bertz CT molecular complexity index is 541. The molecule has 0 N–H and O–H groups in total. The molecule has 4 rings (SSSR count). The molecule has 0 aromatic carbocycles. The minimum Gasteiger partial charge on any atom is -0.373 e. The van der Waals surface area contributed by atoms with Gasteiger partial charge in [0.15, 0.2) is 0 Å². The molecule has 1 saturated carbocycles. The van der Waals surface area contributed by atoms with Crippen LogP contribution in [0.3, 0.4) is 0 Å². The van der Waals surface area contributed by atoms with Gasteiger partial charge in [0.05, 0.1) is 17.5 Å². The number of likely N-dealkylation sites (tertiary alicyclic amines) is 1. The van der Waals surface area contributed by atoms with Crippen LogP contribution < -0.4 is 0 Å². The van der Waals surface area contributed by atoms with Gasteiger partial charge in [-0.15, -0.1) is 11.8 Å². The minimum atomic E-state index is 0.277. The molecule has 22 heavy (non-hydrogen) atoms. The van der Waals surface area contributed by atoms with E-state index in [2.05, 4.69) is 9.88 Å². The van der Waals surface area contributed by atoms with E-state index in [4.69, 9.17) is 4.74 Å². The summed E-state index contributed by atoms with van der Waals surface area (Å²) in [5.74, 6) is 2.11. The highest BCUT2D eigenvalue weighted by atomic mass is 32.2. The van der Waals surface area contributed by atoms with E-state index < -0.39 is 0 Å². The Morgan fingerprint density at radius 1 is 1.45 bits per heavy atom. The van der Waals surface area contributed by atoms with Crippen molar-refractivity contribution in [2.75, 3.05) is 18.8 Å². The molecule has 2 aliphatic heterocycles. The van der Waals surface area contributed by atoms with E-state index in [1.807, 2.05) is 30.1 Å². The molecule has 1 spiro atoms. The van der Waals surface area contributed by atoms with Crippen molar-refractivity contribution in [3.05, 3.63) is 30.1 Å². The monoisotopic (exact) mass is 318 g/mol. The number of nitrogens with zero attached hydrogens (tertiary/aromatic N) is 2. The highest BCUT2D eigenvalue weighted by Crippen LogP contribution is 2.47. The van der Waals surface area contributed by atoms with E-state index in [1.54, 1.807) is 6.20 Å². The summed E-state index contributed by atoms with van der Waals surface area (Å²) in [6.07, 6.45) is 8.32. The Hall–Kier alpha value is -1.07. The summed E-state index contributed by atoms with van der Waals surface area (Å²) in [6, 6.07) is 3.99. The van der Waals surface area contributed by atoms with Crippen molar-refractivity contribution >= 4 is 17.7 Å². The van der Waals surface area contributed by atoms with Crippen LogP contribution in [0.2, 0.25) is 0 Å². The van der Waals surface area contributed by atoms with Crippen LogP contribution in [-0.4, -0.2) is 45.5 Å². The average Bonchev–Trinajstić information content (AvgIpc) is 3.20. The number of hydrogen-bond acceptors (Lipinski definition) is 4. The molecule has 4 nitrogen and oxygen atoms in total. The molecule has 3 aliphatic rings. The third-order valence-corrected chi connectivity index (χ3v) is 6.43. The SMILES string of the molecule is O=C(CC1CC1)N1CC2(C[C@H](OCc3cccnc3)CS2)C1. The van der Waals surface area contributed by atoms with Crippen LogP contribution >= 0.6 is 11.8 Å². The Kier molecular flexibility index (Phi) is 3.86. The number of carbonyl (C=O) groups is 1. The number of rotatable bonds is 5. The lowest BCUT2D eigenvalue weighted by Gasteiger charge is -2.47. The van der Waals surface area contributed by atoms with Gasteiger partial charge in [-0.3, -0.25) is 9.78 Å². The highest BCUT2D eigenvalue weighted by Gasteiger charge is 2.51. The second-order valence-corrected chi connectivity index (χ2v) is 8.38. The summed E-state index contributed by atoms with van der Waals surface area (Å²) in [6.45, 7) is 2.49. The zero-order valence-corrected chi connectivity index (χ0v) is 13.6. The van der Waals surface area contributed by atoms with Crippen molar-refractivity contribution in [1.29, 1.82) is 0 Å². The summed E-state index contributed by atoms with van der Waals surface area (Å²) in [4.78, 5) is 18.3. The van der Waals surface area contributed by atoms with Crippen LogP contribution in [0.15, 0.2) is 24.5 Å². The van der Waals surface area contributed by atoms with Crippen molar-refractivity contribution in [3.63, 3.8) is 0 Å².